The molecule has 102 valence electrons. The maximum Gasteiger partial charge on any atom is 0.253 e. The van der Waals surface area contributed by atoms with Gasteiger partial charge in [0.1, 0.15) is 0 Å². The highest BCUT2D eigenvalue weighted by molar-refractivity contribution is 5.97. The van der Waals surface area contributed by atoms with E-state index in [1.165, 1.54) is 0 Å². The number of nitrogens with zero attached hydrogens (tertiary/aromatic N) is 2. The van der Waals surface area contributed by atoms with Crippen molar-refractivity contribution in [3.63, 3.8) is 0 Å². The summed E-state index contributed by atoms with van der Waals surface area (Å²) >= 11 is 0. The van der Waals surface area contributed by atoms with Crippen LogP contribution < -0.4 is 0 Å². The molecule has 4 nitrogen and oxygen atoms in total. The highest BCUT2D eigenvalue weighted by Gasteiger charge is 2.12. The SMILES string of the molecule is CN(C)CCCN(C)C(=O)c1ccc2cc[nH]c2c1. The van der Waals surface area contributed by atoms with Crippen LogP contribution in [0.2, 0.25) is 0 Å². The Bertz CT molecular complexity index is 559. The number of nitrogens with one attached hydrogen (secondary N) is 1. The maximum absolute atomic E-state index is 12.3. The van der Waals surface area contributed by atoms with Crippen molar-refractivity contribution < 1.29 is 4.79 Å². The zero-order valence-corrected chi connectivity index (χ0v) is 11.8. The van der Waals surface area contributed by atoms with Gasteiger partial charge in [-0.05, 0) is 50.6 Å². The summed E-state index contributed by atoms with van der Waals surface area (Å²) in [6.07, 6.45) is 2.87. The number of benzene rings is 1. The second-order valence-corrected chi connectivity index (χ2v) is 5.16. The first kappa shape index (κ1) is 13.6. The predicted molar refractivity (Wildman–Crippen MR) is 78.4 cm³/mol. The Labute approximate surface area is 114 Å². The Morgan fingerprint density at radius 2 is 1.95 bits per heavy atom. The second kappa shape index (κ2) is 5.89. The van der Waals surface area contributed by atoms with Crippen LogP contribution in [0.4, 0.5) is 0 Å². The molecule has 1 aromatic carbocycles. The van der Waals surface area contributed by atoms with Crippen LogP contribution in [0.1, 0.15) is 16.8 Å². The highest BCUT2D eigenvalue weighted by Crippen LogP contribution is 2.15. The number of hydrogen-bond acceptors (Lipinski definition) is 2. The Hall–Kier alpha value is -1.81. The van der Waals surface area contributed by atoms with Gasteiger partial charge in [0.25, 0.3) is 5.91 Å². The molecule has 1 heterocycles. The first-order valence-electron chi connectivity index (χ1n) is 6.55. The fourth-order valence-corrected chi connectivity index (χ4v) is 2.13. The number of rotatable bonds is 5. The minimum absolute atomic E-state index is 0.0789. The lowest BCUT2D eigenvalue weighted by molar-refractivity contribution is 0.0791. The smallest absolute Gasteiger partial charge is 0.253 e. The van der Waals surface area contributed by atoms with Crippen molar-refractivity contribution in [1.82, 2.24) is 14.8 Å². The van der Waals surface area contributed by atoms with E-state index in [0.29, 0.717) is 0 Å². The minimum Gasteiger partial charge on any atom is -0.361 e. The van der Waals surface area contributed by atoms with Crippen LogP contribution in [-0.4, -0.2) is 54.9 Å². The number of fused-ring (bicyclic) bond motifs is 1. The average Bonchev–Trinajstić information content (AvgIpc) is 2.84. The van der Waals surface area contributed by atoms with Crippen LogP contribution in [0.5, 0.6) is 0 Å². The molecule has 0 aliphatic carbocycles. The Balaban J connectivity index is 2.01. The number of aromatic nitrogens is 1. The van der Waals surface area contributed by atoms with Crippen LogP contribution in [0.25, 0.3) is 10.9 Å². The molecule has 0 aliphatic rings. The fraction of sp³-hybridized carbons (Fsp3) is 0.400. The van der Waals surface area contributed by atoms with Crippen molar-refractivity contribution in [2.45, 2.75) is 6.42 Å². The molecule has 0 saturated carbocycles. The molecule has 2 rings (SSSR count). The van der Waals surface area contributed by atoms with E-state index >= 15 is 0 Å². The minimum atomic E-state index is 0.0789. The lowest BCUT2D eigenvalue weighted by Crippen LogP contribution is -2.29. The zero-order valence-electron chi connectivity index (χ0n) is 11.8. The Morgan fingerprint density at radius 1 is 1.16 bits per heavy atom. The molecule has 0 unspecified atom stereocenters. The molecule has 1 aromatic heterocycles. The van der Waals surface area contributed by atoms with Crippen molar-refractivity contribution in [3.8, 4) is 0 Å². The summed E-state index contributed by atoms with van der Waals surface area (Å²) in [5.41, 5.74) is 1.75. The lowest BCUT2D eigenvalue weighted by atomic mass is 10.1. The first-order chi connectivity index (χ1) is 9.08. The third kappa shape index (κ3) is 3.35. The Kier molecular flexibility index (Phi) is 4.22. The van der Waals surface area contributed by atoms with Crippen LogP contribution in [0.3, 0.4) is 0 Å². The van der Waals surface area contributed by atoms with Crippen molar-refractivity contribution in [2.75, 3.05) is 34.2 Å². The van der Waals surface area contributed by atoms with Crippen LogP contribution in [0, 0.1) is 0 Å². The van der Waals surface area contributed by atoms with Crippen LogP contribution >= 0.6 is 0 Å². The number of amides is 1. The lowest BCUT2D eigenvalue weighted by Gasteiger charge is -2.18. The van der Waals surface area contributed by atoms with E-state index in [1.807, 2.05) is 51.6 Å². The largest absolute Gasteiger partial charge is 0.361 e. The van der Waals surface area contributed by atoms with Gasteiger partial charge in [-0.1, -0.05) is 6.07 Å². The number of H-pyrrole nitrogens is 1. The first-order valence-corrected chi connectivity index (χ1v) is 6.55. The van der Waals surface area contributed by atoms with E-state index in [1.54, 1.807) is 4.90 Å². The third-order valence-corrected chi connectivity index (χ3v) is 3.25. The molecule has 0 saturated heterocycles. The topological polar surface area (TPSA) is 39.3 Å². The highest BCUT2D eigenvalue weighted by atomic mass is 16.2. The van der Waals surface area contributed by atoms with Crippen molar-refractivity contribution in [1.29, 1.82) is 0 Å². The molecule has 4 heteroatoms. The molecule has 1 N–H and O–H groups in total. The summed E-state index contributed by atoms with van der Waals surface area (Å²) in [5.74, 6) is 0.0789. The van der Waals surface area contributed by atoms with Gasteiger partial charge in [0, 0.05) is 30.9 Å². The average molecular weight is 259 g/mol. The molecular weight excluding hydrogens is 238 g/mol. The molecule has 0 fully saturated rings. The zero-order chi connectivity index (χ0) is 13.8. The van der Waals surface area contributed by atoms with Gasteiger partial charge >= 0.3 is 0 Å². The summed E-state index contributed by atoms with van der Waals surface area (Å²) in [7, 11) is 5.94. The van der Waals surface area contributed by atoms with Gasteiger partial charge in [-0.15, -0.1) is 0 Å². The van der Waals surface area contributed by atoms with Gasteiger partial charge in [-0.3, -0.25) is 4.79 Å². The van der Waals surface area contributed by atoms with Gasteiger partial charge in [-0.25, -0.2) is 0 Å². The van der Waals surface area contributed by atoms with Crippen LogP contribution in [0.15, 0.2) is 30.5 Å². The summed E-state index contributed by atoms with van der Waals surface area (Å²) in [4.78, 5) is 19.3. The van der Waals surface area contributed by atoms with Gasteiger partial charge in [-0.2, -0.15) is 0 Å². The molecule has 0 atom stereocenters. The van der Waals surface area contributed by atoms with Crippen molar-refractivity contribution in [2.24, 2.45) is 0 Å². The summed E-state index contributed by atoms with van der Waals surface area (Å²) in [6, 6.07) is 7.79. The quantitative estimate of drug-likeness (QED) is 0.894. The van der Waals surface area contributed by atoms with Crippen LogP contribution in [-0.2, 0) is 0 Å². The van der Waals surface area contributed by atoms with E-state index in [4.69, 9.17) is 0 Å². The molecule has 0 radical (unpaired) electrons. The molecule has 0 bridgehead atoms. The summed E-state index contributed by atoms with van der Waals surface area (Å²) in [5, 5.41) is 1.13. The number of carbonyl (C=O) groups excluding carboxylic acids is 1. The molecular formula is C15H21N3O. The van der Waals surface area contributed by atoms with Crippen molar-refractivity contribution >= 4 is 16.8 Å². The van der Waals surface area contributed by atoms with E-state index in [0.717, 1.165) is 36.0 Å². The molecule has 19 heavy (non-hydrogen) atoms. The molecule has 2 aromatic rings. The monoisotopic (exact) mass is 259 g/mol. The van der Waals surface area contributed by atoms with Gasteiger partial charge in [0.05, 0.1) is 0 Å². The van der Waals surface area contributed by atoms with E-state index < -0.39 is 0 Å². The van der Waals surface area contributed by atoms with E-state index in [-0.39, 0.29) is 5.91 Å². The normalized spacial score (nSPS) is 11.2. The third-order valence-electron chi connectivity index (χ3n) is 3.25. The van der Waals surface area contributed by atoms with E-state index in [2.05, 4.69) is 9.88 Å². The standard InChI is InChI=1S/C15H21N3O/c1-17(2)9-4-10-18(3)15(19)13-6-5-12-7-8-16-14(12)11-13/h5-8,11,16H,4,9-10H2,1-3H3. The number of aromatic amines is 1. The summed E-state index contributed by atoms with van der Waals surface area (Å²) in [6.45, 7) is 1.77. The number of carbonyl (C=O) groups is 1. The van der Waals surface area contributed by atoms with Gasteiger partial charge in [0.15, 0.2) is 0 Å². The van der Waals surface area contributed by atoms with Gasteiger partial charge in [0.2, 0.25) is 0 Å². The predicted octanol–water partition coefficient (Wildman–Crippen LogP) is 2.19. The molecule has 0 aliphatic heterocycles. The summed E-state index contributed by atoms with van der Waals surface area (Å²) < 4.78 is 0. The van der Waals surface area contributed by atoms with E-state index in [9.17, 15) is 4.79 Å². The second-order valence-electron chi connectivity index (χ2n) is 5.16. The number of hydrogen-bond donors (Lipinski definition) is 1. The maximum atomic E-state index is 12.3. The van der Waals surface area contributed by atoms with Gasteiger partial charge < -0.3 is 14.8 Å². The molecule has 1 amide bonds. The van der Waals surface area contributed by atoms with Crippen molar-refractivity contribution in [3.05, 3.63) is 36.0 Å². The Morgan fingerprint density at radius 3 is 2.68 bits per heavy atom. The molecule has 0 spiro atoms. The fourth-order valence-electron chi connectivity index (χ4n) is 2.13.